The minimum atomic E-state index is -2.08. The summed E-state index contributed by atoms with van der Waals surface area (Å²) < 4.78 is 19.7. The molecule has 3 fully saturated rings. The van der Waals surface area contributed by atoms with Gasteiger partial charge in [0, 0.05) is 10.8 Å². The van der Waals surface area contributed by atoms with Crippen LogP contribution in [0.3, 0.4) is 0 Å². The van der Waals surface area contributed by atoms with Crippen molar-refractivity contribution in [2.75, 3.05) is 12.0 Å². The molecule has 2 aromatic carbocycles. The van der Waals surface area contributed by atoms with Gasteiger partial charge < -0.3 is 9.84 Å². The summed E-state index contributed by atoms with van der Waals surface area (Å²) in [5.41, 5.74) is 1.16. The number of methoxy groups -OCH3 is 1. The van der Waals surface area contributed by atoms with Gasteiger partial charge in [-0.05, 0) is 94.8 Å². The van der Waals surface area contributed by atoms with Crippen LogP contribution >= 0.6 is 57.1 Å². The number of allylic oxidation sites excluding steroid dienone is 2. The Bertz CT molecular complexity index is 1820. The molecule has 3 aromatic rings. The molecule has 6 atom stereocenters. The van der Waals surface area contributed by atoms with Crippen LogP contribution in [-0.4, -0.2) is 50.5 Å². The number of fused-ring (bicyclic) bond motifs is 4. The maximum absolute atomic E-state index is 14.5. The first kappa shape index (κ1) is 30.6. The van der Waals surface area contributed by atoms with Crippen molar-refractivity contribution >= 4 is 86.4 Å². The Labute approximate surface area is 284 Å². The summed E-state index contributed by atoms with van der Waals surface area (Å²) in [6, 6.07) is 11.7. The lowest BCUT2D eigenvalue weighted by atomic mass is 9.56. The predicted octanol–water partition coefficient (Wildman–Crippen LogP) is 5.97. The minimum Gasteiger partial charge on any atom is -0.504 e. The molecule has 1 N–H and O–H groups in total. The number of amides is 4. The lowest BCUT2D eigenvalue weighted by Crippen LogP contribution is -2.60. The van der Waals surface area contributed by atoms with Gasteiger partial charge in [-0.3, -0.25) is 24.1 Å². The summed E-state index contributed by atoms with van der Waals surface area (Å²) in [4.78, 5) is 55.4. The average Bonchev–Trinajstić information content (AvgIpc) is 3.66. The zero-order chi connectivity index (χ0) is 32.0. The van der Waals surface area contributed by atoms with Crippen molar-refractivity contribution in [1.29, 1.82) is 0 Å². The molecule has 0 spiro atoms. The number of phenols is 1. The molecular weight excluding hydrogens is 757 g/mol. The first-order valence-corrected chi connectivity index (χ1v) is 16.8. The molecule has 2 aliphatic carbocycles. The maximum atomic E-state index is 14.5. The maximum Gasteiger partial charge on any atom is 0.258 e. The van der Waals surface area contributed by atoms with Crippen LogP contribution < -0.4 is 9.64 Å². The molecule has 2 aliphatic heterocycles. The number of anilines is 1. The second-order valence-corrected chi connectivity index (χ2v) is 15.1. The van der Waals surface area contributed by atoms with Crippen LogP contribution in [0.5, 0.6) is 11.5 Å². The van der Waals surface area contributed by atoms with Crippen LogP contribution in [0.4, 0.5) is 10.1 Å². The Morgan fingerprint density at radius 3 is 2.47 bits per heavy atom. The van der Waals surface area contributed by atoms with E-state index < -0.39 is 51.1 Å². The van der Waals surface area contributed by atoms with Gasteiger partial charge >= 0.3 is 0 Å². The molecule has 8 nitrogen and oxygen atoms in total. The molecule has 45 heavy (non-hydrogen) atoms. The number of phenolic OH excluding ortho intramolecular Hbond substituents is 1. The van der Waals surface area contributed by atoms with E-state index in [0.717, 1.165) is 21.9 Å². The molecule has 1 saturated carbocycles. The van der Waals surface area contributed by atoms with E-state index in [1.807, 2.05) is 46.2 Å². The van der Waals surface area contributed by atoms with Crippen LogP contribution in [0.25, 0.3) is 0 Å². The second-order valence-electron chi connectivity index (χ2n) is 11.6. The molecule has 3 heterocycles. The summed E-state index contributed by atoms with van der Waals surface area (Å²) >= 11 is 18.2. The van der Waals surface area contributed by atoms with E-state index in [0.29, 0.717) is 14.7 Å². The van der Waals surface area contributed by atoms with Crippen molar-refractivity contribution < 1.29 is 33.4 Å². The molecule has 232 valence electrons. The fourth-order valence-electron chi connectivity index (χ4n) is 7.47. The number of likely N-dealkylation sites (tertiary alicyclic amines) is 1. The molecule has 4 amide bonds. The van der Waals surface area contributed by atoms with Crippen molar-refractivity contribution in [3.05, 3.63) is 85.4 Å². The Kier molecular flexibility index (Phi) is 7.34. The summed E-state index contributed by atoms with van der Waals surface area (Å²) in [7, 11) is 1.39. The zero-order valence-corrected chi connectivity index (χ0v) is 28.0. The van der Waals surface area contributed by atoms with Crippen molar-refractivity contribution in [2.45, 2.75) is 35.1 Å². The molecule has 7 rings (SSSR count). The molecule has 2 saturated heterocycles. The topological polar surface area (TPSA) is 104 Å². The van der Waals surface area contributed by atoms with Gasteiger partial charge in [0.25, 0.3) is 11.8 Å². The van der Waals surface area contributed by atoms with E-state index in [-0.39, 0.29) is 48.4 Å². The number of carbonyl (C=O) groups excluding carboxylic acids is 4. The number of rotatable bonds is 5. The second kappa shape index (κ2) is 10.8. The van der Waals surface area contributed by atoms with Crippen molar-refractivity contribution in [2.24, 2.45) is 17.8 Å². The fourth-order valence-corrected chi connectivity index (χ4v) is 9.72. The van der Waals surface area contributed by atoms with Gasteiger partial charge in [0.2, 0.25) is 11.8 Å². The number of thiophene rings is 1. The number of hydrogen-bond donors (Lipinski definition) is 1. The third-order valence-corrected chi connectivity index (χ3v) is 12.6. The molecule has 0 bridgehead atoms. The molecule has 13 heteroatoms. The highest BCUT2D eigenvalue weighted by Crippen LogP contribution is 2.66. The number of ether oxygens (including phenoxy) is 1. The van der Waals surface area contributed by atoms with E-state index in [1.54, 1.807) is 12.1 Å². The van der Waals surface area contributed by atoms with E-state index in [4.69, 9.17) is 27.9 Å². The smallest absolute Gasteiger partial charge is 0.258 e. The highest BCUT2D eigenvalue weighted by molar-refractivity contribution is 14.1. The summed E-state index contributed by atoms with van der Waals surface area (Å²) in [6.45, 7) is 0.141. The third-order valence-electron chi connectivity index (χ3n) is 9.49. The van der Waals surface area contributed by atoms with Gasteiger partial charge in [-0.1, -0.05) is 17.7 Å². The summed E-state index contributed by atoms with van der Waals surface area (Å²) in [5.74, 6) is -6.03. The number of nitrogens with zero attached hydrogens (tertiary/aromatic N) is 2. The third kappa shape index (κ3) is 4.26. The van der Waals surface area contributed by atoms with Gasteiger partial charge in [-0.2, -0.15) is 0 Å². The fraction of sp³-hybridized carbons (Fsp3) is 0.312. The number of hydrogen-bond acceptors (Lipinski definition) is 7. The van der Waals surface area contributed by atoms with Crippen LogP contribution in [0, 0.1) is 27.1 Å². The van der Waals surface area contributed by atoms with Crippen LogP contribution in [0.15, 0.2) is 65.6 Å². The molecule has 0 radical (unpaired) electrons. The zero-order valence-electron chi connectivity index (χ0n) is 23.5. The average molecular weight is 781 g/mol. The van der Waals surface area contributed by atoms with E-state index in [9.17, 15) is 28.7 Å². The highest BCUT2D eigenvalue weighted by atomic mass is 127. The van der Waals surface area contributed by atoms with E-state index in [2.05, 4.69) is 0 Å². The number of alkyl halides is 2. The predicted molar refractivity (Wildman–Crippen MR) is 174 cm³/mol. The quantitative estimate of drug-likeness (QED) is 0.148. The van der Waals surface area contributed by atoms with Crippen molar-refractivity contribution in [3.8, 4) is 11.5 Å². The Hall–Kier alpha value is -3.00. The van der Waals surface area contributed by atoms with Crippen LogP contribution in [0.1, 0.15) is 29.2 Å². The van der Waals surface area contributed by atoms with Crippen molar-refractivity contribution in [1.82, 2.24) is 4.90 Å². The van der Waals surface area contributed by atoms with E-state index in [1.165, 1.54) is 35.5 Å². The lowest BCUT2D eigenvalue weighted by molar-refractivity contribution is -0.141. The monoisotopic (exact) mass is 780 g/mol. The van der Waals surface area contributed by atoms with Gasteiger partial charge in [-0.25, -0.2) is 9.29 Å². The van der Waals surface area contributed by atoms with Crippen LogP contribution in [-0.2, 0) is 25.7 Å². The normalized spacial score (nSPS) is 30.7. The SMILES string of the molecule is COc1cc([C@H]2C3=CC[C@@H]4C(=O)N(Cc5cccs5)C(=O)[C@@H]4[C@@H]3C[C@@]3(Cl)C(=O)N(c4ccc(F)cc4)C(=O)[C@@]23Cl)cc(I)c1O. The van der Waals surface area contributed by atoms with Gasteiger partial charge in [0.15, 0.2) is 21.2 Å². The van der Waals surface area contributed by atoms with E-state index >= 15 is 0 Å². The van der Waals surface area contributed by atoms with Crippen LogP contribution in [0.2, 0.25) is 0 Å². The van der Waals surface area contributed by atoms with Gasteiger partial charge in [-0.15, -0.1) is 34.5 Å². The molecular formula is C32H24Cl2FIN2O6S. The highest BCUT2D eigenvalue weighted by Gasteiger charge is 2.76. The number of imide groups is 2. The molecule has 4 aliphatic rings. The number of aromatic hydroxyl groups is 1. The first-order chi connectivity index (χ1) is 21.4. The van der Waals surface area contributed by atoms with Gasteiger partial charge in [0.05, 0.1) is 34.7 Å². The Morgan fingerprint density at radius 1 is 1.07 bits per heavy atom. The largest absolute Gasteiger partial charge is 0.504 e. The standard InChI is InChI=1S/C32H24Cl2FIN2O6S/c1-44-23-12-15(11-22(36)26(23)39)25-19-8-9-20-24(28(41)37(27(20)40)14-18-3-2-10-45-18)21(19)13-31(33)29(42)38(30(43)32(25,31)34)17-6-4-16(35)5-7-17/h2-8,10-12,20-21,24-25,39H,9,13-14H2,1H3/t20-,21+,24-,25-,31+,32-/m0/s1. The number of carbonyl (C=O) groups is 4. The molecule has 0 unspecified atom stereocenters. The Morgan fingerprint density at radius 2 is 1.80 bits per heavy atom. The van der Waals surface area contributed by atoms with Crippen molar-refractivity contribution in [3.63, 3.8) is 0 Å². The minimum absolute atomic E-state index is 0.0986. The lowest BCUT2D eigenvalue weighted by Gasteiger charge is -2.50. The first-order valence-electron chi connectivity index (χ1n) is 14.1. The summed E-state index contributed by atoms with van der Waals surface area (Å²) in [6.07, 6.45) is 1.90. The number of benzene rings is 2. The molecule has 1 aromatic heterocycles. The number of halogens is 4. The Balaban J connectivity index is 1.40. The van der Waals surface area contributed by atoms with Gasteiger partial charge in [0.1, 0.15) is 5.82 Å². The summed E-state index contributed by atoms with van der Waals surface area (Å²) in [5, 5.41) is 12.5.